The highest BCUT2D eigenvalue weighted by Crippen LogP contribution is 2.08. The van der Waals surface area contributed by atoms with Crippen LogP contribution in [0.15, 0.2) is 29.2 Å². The Balaban J connectivity index is 2.44. The van der Waals surface area contributed by atoms with E-state index in [0.29, 0.717) is 6.54 Å². The van der Waals surface area contributed by atoms with Crippen molar-refractivity contribution in [2.24, 2.45) is 5.14 Å². The molecule has 1 aromatic carbocycles. The van der Waals surface area contributed by atoms with Gasteiger partial charge in [-0.3, -0.25) is 4.79 Å². The quantitative estimate of drug-likeness (QED) is 0.611. The first-order valence-electron chi connectivity index (χ1n) is 6.02. The number of sulfonamides is 1. The highest BCUT2D eigenvalue weighted by atomic mass is 32.2. The maximum atomic E-state index is 11.4. The zero-order valence-corrected chi connectivity index (χ0v) is 11.7. The molecule has 0 fully saturated rings. The van der Waals surface area contributed by atoms with Crippen LogP contribution < -0.4 is 15.8 Å². The van der Waals surface area contributed by atoms with Gasteiger partial charge in [0.25, 0.3) is 0 Å². The highest BCUT2D eigenvalue weighted by molar-refractivity contribution is 7.89. The van der Waals surface area contributed by atoms with Gasteiger partial charge in [-0.15, -0.1) is 0 Å². The second kappa shape index (κ2) is 7.22. The van der Waals surface area contributed by atoms with Gasteiger partial charge in [0.1, 0.15) is 0 Å². The van der Waals surface area contributed by atoms with Crippen molar-refractivity contribution in [3.05, 3.63) is 29.8 Å². The molecule has 1 amide bonds. The molecule has 106 valence electrons. The van der Waals surface area contributed by atoms with Gasteiger partial charge < -0.3 is 10.6 Å². The van der Waals surface area contributed by atoms with E-state index >= 15 is 0 Å². The molecule has 1 rings (SSSR count). The van der Waals surface area contributed by atoms with E-state index in [-0.39, 0.29) is 17.3 Å². The van der Waals surface area contributed by atoms with Crippen LogP contribution in [0.4, 0.5) is 0 Å². The molecule has 4 N–H and O–H groups in total. The molecule has 0 radical (unpaired) electrons. The molecule has 0 aliphatic rings. The average Bonchev–Trinajstić information content (AvgIpc) is 2.36. The standard InChI is InChI=1S/C12H19N3O3S/c1-2-7-14-9-12(16)15-8-10-3-5-11(6-4-10)19(13,17)18/h3-6,14H,2,7-9H2,1H3,(H,15,16)(H2,13,17,18). The molecule has 0 bridgehead atoms. The summed E-state index contributed by atoms with van der Waals surface area (Å²) in [5, 5.41) is 10.7. The number of rotatable bonds is 7. The smallest absolute Gasteiger partial charge is 0.238 e. The minimum Gasteiger partial charge on any atom is -0.351 e. The van der Waals surface area contributed by atoms with E-state index in [4.69, 9.17) is 5.14 Å². The predicted octanol–water partition coefficient (Wildman–Crippen LogP) is -0.0502. The SMILES string of the molecule is CCCNCC(=O)NCc1ccc(S(N)(=O)=O)cc1. The molecule has 0 aromatic heterocycles. The van der Waals surface area contributed by atoms with Crippen LogP contribution in [0.1, 0.15) is 18.9 Å². The third kappa shape index (κ3) is 5.82. The number of hydrogen-bond acceptors (Lipinski definition) is 4. The van der Waals surface area contributed by atoms with Gasteiger partial charge in [0.05, 0.1) is 11.4 Å². The van der Waals surface area contributed by atoms with Crippen molar-refractivity contribution in [3.63, 3.8) is 0 Å². The topological polar surface area (TPSA) is 101 Å². The maximum Gasteiger partial charge on any atom is 0.238 e. The van der Waals surface area contributed by atoms with Gasteiger partial charge in [0, 0.05) is 6.54 Å². The molecule has 7 heteroatoms. The van der Waals surface area contributed by atoms with Crippen molar-refractivity contribution in [1.29, 1.82) is 0 Å². The molecule has 6 nitrogen and oxygen atoms in total. The first kappa shape index (κ1) is 15.6. The second-order valence-electron chi connectivity index (χ2n) is 4.14. The second-order valence-corrected chi connectivity index (χ2v) is 5.70. The lowest BCUT2D eigenvalue weighted by molar-refractivity contribution is -0.120. The van der Waals surface area contributed by atoms with Crippen LogP contribution in [-0.2, 0) is 21.4 Å². The van der Waals surface area contributed by atoms with Gasteiger partial charge in [0.15, 0.2) is 0 Å². The number of benzene rings is 1. The van der Waals surface area contributed by atoms with E-state index in [9.17, 15) is 13.2 Å². The third-order valence-electron chi connectivity index (χ3n) is 2.45. The summed E-state index contributed by atoms with van der Waals surface area (Å²) in [7, 11) is -3.66. The normalized spacial score (nSPS) is 11.3. The summed E-state index contributed by atoms with van der Waals surface area (Å²) in [5.41, 5.74) is 0.816. The first-order valence-corrected chi connectivity index (χ1v) is 7.57. The number of carbonyl (C=O) groups excluding carboxylic acids is 1. The fraction of sp³-hybridized carbons (Fsp3) is 0.417. The lowest BCUT2D eigenvalue weighted by Gasteiger charge is -2.06. The minimum atomic E-state index is -3.66. The average molecular weight is 285 g/mol. The molecule has 1 aromatic rings. The Bertz CT molecular complexity index is 512. The van der Waals surface area contributed by atoms with E-state index < -0.39 is 10.0 Å². The monoisotopic (exact) mass is 285 g/mol. The molecular formula is C12H19N3O3S. The number of carbonyl (C=O) groups is 1. The largest absolute Gasteiger partial charge is 0.351 e. The first-order chi connectivity index (χ1) is 8.93. The van der Waals surface area contributed by atoms with E-state index in [0.717, 1.165) is 18.5 Å². The minimum absolute atomic E-state index is 0.0622. The number of nitrogens with two attached hydrogens (primary N) is 1. The third-order valence-corrected chi connectivity index (χ3v) is 3.38. The van der Waals surface area contributed by atoms with Crippen LogP contribution in [0, 0.1) is 0 Å². The number of hydrogen-bond donors (Lipinski definition) is 3. The van der Waals surface area contributed by atoms with Gasteiger partial charge in [-0.25, -0.2) is 13.6 Å². The number of primary sulfonamides is 1. The van der Waals surface area contributed by atoms with E-state index in [1.54, 1.807) is 12.1 Å². The summed E-state index contributed by atoms with van der Waals surface area (Å²) in [6.07, 6.45) is 0.975. The Kier molecular flexibility index (Phi) is 5.94. The number of amides is 1. The van der Waals surface area contributed by atoms with Crippen LogP contribution >= 0.6 is 0 Å². The summed E-state index contributed by atoms with van der Waals surface area (Å²) in [6, 6.07) is 6.09. The highest BCUT2D eigenvalue weighted by Gasteiger charge is 2.07. The van der Waals surface area contributed by atoms with Gasteiger partial charge in [-0.2, -0.15) is 0 Å². The summed E-state index contributed by atoms with van der Waals surface area (Å²) >= 11 is 0. The zero-order valence-electron chi connectivity index (χ0n) is 10.8. The molecule has 0 unspecified atom stereocenters. The van der Waals surface area contributed by atoms with Crippen LogP contribution in [-0.4, -0.2) is 27.4 Å². The summed E-state index contributed by atoms with van der Waals surface area (Å²) in [4.78, 5) is 11.5. The lowest BCUT2D eigenvalue weighted by Crippen LogP contribution is -2.33. The Morgan fingerprint density at radius 3 is 2.42 bits per heavy atom. The van der Waals surface area contributed by atoms with Crippen molar-refractivity contribution < 1.29 is 13.2 Å². The number of nitrogens with one attached hydrogen (secondary N) is 2. The zero-order chi connectivity index (χ0) is 14.3. The molecule has 0 spiro atoms. The predicted molar refractivity (Wildman–Crippen MR) is 72.8 cm³/mol. The molecular weight excluding hydrogens is 266 g/mol. The van der Waals surface area contributed by atoms with Crippen molar-refractivity contribution in [1.82, 2.24) is 10.6 Å². The molecule has 0 aliphatic carbocycles. The Hall–Kier alpha value is -1.44. The fourth-order valence-electron chi connectivity index (χ4n) is 1.44. The summed E-state index contributed by atoms with van der Waals surface area (Å²) < 4.78 is 22.1. The molecule has 0 aliphatic heterocycles. The maximum absolute atomic E-state index is 11.4. The van der Waals surface area contributed by atoms with Crippen molar-refractivity contribution >= 4 is 15.9 Å². The lowest BCUT2D eigenvalue weighted by atomic mass is 10.2. The Morgan fingerprint density at radius 2 is 1.89 bits per heavy atom. The van der Waals surface area contributed by atoms with Crippen LogP contribution in [0.2, 0.25) is 0 Å². The van der Waals surface area contributed by atoms with Crippen LogP contribution in [0.5, 0.6) is 0 Å². The molecule has 0 saturated heterocycles. The summed E-state index contributed by atoms with van der Waals surface area (Å²) in [6.45, 7) is 3.47. The molecule has 0 atom stereocenters. The van der Waals surface area contributed by atoms with Gasteiger partial charge in [-0.05, 0) is 30.7 Å². The van der Waals surface area contributed by atoms with E-state index in [1.165, 1.54) is 12.1 Å². The Morgan fingerprint density at radius 1 is 1.26 bits per heavy atom. The molecule has 0 heterocycles. The van der Waals surface area contributed by atoms with E-state index in [1.807, 2.05) is 6.92 Å². The van der Waals surface area contributed by atoms with Crippen molar-refractivity contribution in [3.8, 4) is 0 Å². The molecule has 19 heavy (non-hydrogen) atoms. The van der Waals surface area contributed by atoms with Gasteiger partial charge >= 0.3 is 0 Å². The van der Waals surface area contributed by atoms with Crippen molar-refractivity contribution in [2.45, 2.75) is 24.8 Å². The summed E-state index contributed by atoms with van der Waals surface area (Å²) in [5.74, 6) is -0.0935. The fourth-order valence-corrected chi connectivity index (χ4v) is 1.95. The molecule has 0 saturated carbocycles. The van der Waals surface area contributed by atoms with Crippen molar-refractivity contribution in [2.75, 3.05) is 13.1 Å². The van der Waals surface area contributed by atoms with Crippen LogP contribution in [0.3, 0.4) is 0 Å². The van der Waals surface area contributed by atoms with Gasteiger partial charge in [0.2, 0.25) is 15.9 Å². The van der Waals surface area contributed by atoms with E-state index in [2.05, 4.69) is 10.6 Å². The van der Waals surface area contributed by atoms with Crippen LogP contribution in [0.25, 0.3) is 0 Å². The Labute approximate surface area is 113 Å². The van der Waals surface area contributed by atoms with Gasteiger partial charge in [-0.1, -0.05) is 19.1 Å².